The van der Waals surface area contributed by atoms with Crippen molar-refractivity contribution in [3.63, 3.8) is 0 Å². The first-order chi connectivity index (χ1) is 11.2. The molecule has 0 spiro atoms. The molecular weight excluding hydrogens is 296 g/mol. The molecule has 7 heteroatoms. The molecule has 1 saturated heterocycles. The standard InChI is InChI=1S/C16H22N4O3/c1-23-7-6-20-5-4-12(10-20)15(21)17-9-11-2-3-13-14(8-11)19-16(22)18-13/h2-3,8,12H,4-7,9-10H2,1H3,(H,17,21)(H2,18,19,22)/t12-/m0/s1. The number of aromatic amines is 2. The average Bonchev–Trinajstić information content (AvgIpc) is 3.15. The van der Waals surface area contributed by atoms with Crippen molar-refractivity contribution >= 4 is 16.9 Å². The molecule has 1 amide bonds. The molecule has 1 aliphatic heterocycles. The van der Waals surface area contributed by atoms with E-state index in [9.17, 15) is 9.59 Å². The second kappa shape index (κ2) is 6.97. The monoisotopic (exact) mass is 318 g/mol. The van der Waals surface area contributed by atoms with Crippen LogP contribution in [0.3, 0.4) is 0 Å². The number of hydrogen-bond acceptors (Lipinski definition) is 4. The molecule has 0 saturated carbocycles. The Balaban J connectivity index is 1.53. The minimum absolute atomic E-state index is 0.0441. The van der Waals surface area contributed by atoms with Crippen molar-refractivity contribution in [2.45, 2.75) is 13.0 Å². The maximum Gasteiger partial charge on any atom is 0.323 e. The summed E-state index contributed by atoms with van der Waals surface area (Å²) in [5, 5.41) is 2.99. The van der Waals surface area contributed by atoms with Crippen LogP contribution in [0.4, 0.5) is 0 Å². The van der Waals surface area contributed by atoms with Crippen LogP contribution in [0, 0.1) is 5.92 Å². The van der Waals surface area contributed by atoms with Gasteiger partial charge in [0.05, 0.1) is 23.6 Å². The number of nitrogens with one attached hydrogen (secondary N) is 3. The minimum atomic E-state index is -0.219. The predicted octanol–water partition coefficient (Wildman–Crippen LogP) is 0.441. The first-order valence-corrected chi connectivity index (χ1v) is 7.85. The van der Waals surface area contributed by atoms with Crippen LogP contribution in [-0.2, 0) is 16.1 Å². The topological polar surface area (TPSA) is 90.2 Å². The van der Waals surface area contributed by atoms with Crippen LogP contribution in [0.25, 0.3) is 11.0 Å². The van der Waals surface area contributed by atoms with E-state index >= 15 is 0 Å². The van der Waals surface area contributed by atoms with Gasteiger partial charge in [0.2, 0.25) is 5.91 Å². The number of hydrogen-bond donors (Lipinski definition) is 3. The number of benzene rings is 1. The van der Waals surface area contributed by atoms with Crippen molar-refractivity contribution in [2.24, 2.45) is 5.92 Å². The lowest BCUT2D eigenvalue weighted by atomic mass is 10.1. The highest BCUT2D eigenvalue weighted by Gasteiger charge is 2.27. The molecule has 3 rings (SSSR count). The van der Waals surface area contributed by atoms with Crippen molar-refractivity contribution in [1.29, 1.82) is 0 Å². The number of methoxy groups -OCH3 is 1. The lowest BCUT2D eigenvalue weighted by molar-refractivity contribution is -0.124. The molecule has 0 bridgehead atoms. The molecule has 2 aromatic rings. The molecule has 1 aliphatic rings. The summed E-state index contributed by atoms with van der Waals surface area (Å²) >= 11 is 0. The smallest absolute Gasteiger partial charge is 0.323 e. The molecule has 1 atom stereocenters. The summed E-state index contributed by atoms with van der Waals surface area (Å²) in [7, 11) is 1.69. The summed E-state index contributed by atoms with van der Waals surface area (Å²) < 4.78 is 5.07. The average molecular weight is 318 g/mol. The summed E-state index contributed by atoms with van der Waals surface area (Å²) in [6, 6.07) is 5.63. The van der Waals surface area contributed by atoms with E-state index in [1.165, 1.54) is 0 Å². The van der Waals surface area contributed by atoms with Crippen LogP contribution in [0.15, 0.2) is 23.0 Å². The van der Waals surface area contributed by atoms with Gasteiger partial charge < -0.3 is 24.9 Å². The highest BCUT2D eigenvalue weighted by atomic mass is 16.5. The molecule has 1 aromatic carbocycles. The number of carbonyl (C=O) groups is 1. The van der Waals surface area contributed by atoms with Gasteiger partial charge in [-0.3, -0.25) is 4.79 Å². The number of nitrogens with zero attached hydrogens (tertiary/aromatic N) is 1. The Hall–Kier alpha value is -2.12. The van der Waals surface area contributed by atoms with Gasteiger partial charge in [0.1, 0.15) is 0 Å². The number of ether oxygens (including phenoxy) is 1. The lowest BCUT2D eigenvalue weighted by Gasteiger charge is -2.15. The van der Waals surface area contributed by atoms with E-state index in [0.29, 0.717) is 13.2 Å². The van der Waals surface area contributed by atoms with E-state index in [4.69, 9.17) is 4.74 Å². The SMILES string of the molecule is COCCN1CC[C@H](C(=O)NCc2ccc3[nH]c(=O)[nH]c3c2)C1. The zero-order valence-electron chi connectivity index (χ0n) is 13.2. The molecule has 0 unspecified atom stereocenters. The minimum Gasteiger partial charge on any atom is -0.383 e. The van der Waals surface area contributed by atoms with Gasteiger partial charge in [-0.15, -0.1) is 0 Å². The van der Waals surface area contributed by atoms with Gasteiger partial charge >= 0.3 is 5.69 Å². The number of rotatable bonds is 6. The Labute approximate surface area is 134 Å². The van der Waals surface area contributed by atoms with Gasteiger partial charge in [-0.05, 0) is 30.7 Å². The maximum atomic E-state index is 12.3. The molecule has 1 fully saturated rings. The first kappa shape index (κ1) is 15.8. The van der Waals surface area contributed by atoms with Crippen LogP contribution in [0.5, 0.6) is 0 Å². The Morgan fingerprint density at radius 3 is 3.04 bits per heavy atom. The van der Waals surface area contributed by atoms with Crippen molar-refractivity contribution in [3.8, 4) is 0 Å². The normalized spacial score (nSPS) is 18.6. The van der Waals surface area contributed by atoms with E-state index < -0.39 is 0 Å². The zero-order valence-corrected chi connectivity index (χ0v) is 13.2. The van der Waals surface area contributed by atoms with Crippen LogP contribution < -0.4 is 11.0 Å². The van der Waals surface area contributed by atoms with Gasteiger partial charge in [0.25, 0.3) is 0 Å². The quantitative estimate of drug-likeness (QED) is 0.721. The Kier molecular flexibility index (Phi) is 4.78. The Morgan fingerprint density at radius 1 is 1.39 bits per heavy atom. The van der Waals surface area contributed by atoms with Gasteiger partial charge in [-0.25, -0.2) is 4.79 Å². The van der Waals surface area contributed by atoms with Crippen LogP contribution in [-0.4, -0.2) is 54.1 Å². The van der Waals surface area contributed by atoms with Crippen molar-refractivity contribution in [1.82, 2.24) is 20.2 Å². The molecule has 0 aliphatic carbocycles. The third-order valence-electron chi connectivity index (χ3n) is 4.30. The van der Waals surface area contributed by atoms with Gasteiger partial charge in [-0.1, -0.05) is 6.07 Å². The molecule has 3 N–H and O–H groups in total. The summed E-state index contributed by atoms with van der Waals surface area (Å²) in [6.45, 7) is 3.77. The number of likely N-dealkylation sites (tertiary alicyclic amines) is 1. The van der Waals surface area contributed by atoms with Crippen LogP contribution in [0.2, 0.25) is 0 Å². The fourth-order valence-corrected chi connectivity index (χ4v) is 2.99. The van der Waals surface area contributed by atoms with Crippen LogP contribution in [0.1, 0.15) is 12.0 Å². The van der Waals surface area contributed by atoms with E-state index in [1.54, 1.807) is 7.11 Å². The first-order valence-electron chi connectivity index (χ1n) is 7.85. The third-order valence-corrected chi connectivity index (χ3v) is 4.30. The van der Waals surface area contributed by atoms with Crippen molar-refractivity contribution < 1.29 is 9.53 Å². The highest BCUT2D eigenvalue weighted by molar-refractivity contribution is 5.79. The largest absolute Gasteiger partial charge is 0.383 e. The Bertz CT molecular complexity index is 736. The molecule has 1 aromatic heterocycles. The molecule has 7 nitrogen and oxygen atoms in total. The highest BCUT2D eigenvalue weighted by Crippen LogP contribution is 2.16. The summed E-state index contributed by atoms with van der Waals surface area (Å²) in [4.78, 5) is 31.2. The number of imidazole rings is 1. The summed E-state index contributed by atoms with van der Waals surface area (Å²) in [6.07, 6.45) is 0.889. The predicted molar refractivity (Wildman–Crippen MR) is 87.2 cm³/mol. The van der Waals surface area contributed by atoms with Crippen LogP contribution >= 0.6 is 0 Å². The van der Waals surface area contributed by atoms with E-state index in [2.05, 4.69) is 20.2 Å². The lowest BCUT2D eigenvalue weighted by Crippen LogP contribution is -2.33. The van der Waals surface area contributed by atoms with Gasteiger partial charge in [0.15, 0.2) is 0 Å². The van der Waals surface area contributed by atoms with E-state index in [1.807, 2.05) is 18.2 Å². The van der Waals surface area contributed by atoms with E-state index in [0.717, 1.165) is 42.7 Å². The second-order valence-electron chi connectivity index (χ2n) is 5.96. The second-order valence-corrected chi connectivity index (χ2v) is 5.96. The van der Waals surface area contributed by atoms with Gasteiger partial charge in [-0.2, -0.15) is 0 Å². The number of carbonyl (C=O) groups excluding carboxylic acids is 1. The molecular formula is C16H22N4O3. The molecule has 2 heterocycles. The van der Waals surface area contributed by atoms with Crippen molar-refractivity contribution in [3.05, 3.63) is 34.2 Å². The summed E-state index contributed by atoms with van der Waals surface area (Å²) in [5.74, 6) is 0.134. The van der Waals surface area contributed by atoms with Crippen molar-refractivity contribution in [2.75, 3.05) is 33.4 Å². The maximum absolute atomic E-state index is 12.3. The number of fused-ring (bicyclic) bond motifs is 1. The Morgan fingerprint density at radius 2 is 2.22 bits per heavy atom. The summed E-state index contributed by atoms with van der Waals surface area (Å²) in [5.41, 5.74) is 2.28. The number of amides is 1. The van der Waals surface area contributed by atoms with Gasteiger partial charge in [0, 0.05) is 26.7 Å². The fraction of sp³-hybridized carbons (Fsp3) is 0.500. The molecule has 23 heavy (non-hydrogen) atoms. The van der Waals surface area contributed by atoms with E-state index in [-0.39, 0.29) is 17.5 Å². The molecule has 0 radical (unpaired) electrons. The molecule has 124 valence electrons. The number of H-pyrrole nitrogens is 2. The third kappa shape index (κ3) is 3.80. The fourth-order valence-electron chi connectivity index (χ4n) is 2.99. The zero-order chi connectivity index (χ0) is 16.2. The number of aromatic nitrogens is 2.